The van der Waals surface area contributed by atoms with E-state index in [1.165, 1.54) is 12.3 Å². The summed E-state index contributed by atoms with van der Waals surface area (Å²) in [4.78, 5) is 16.3. The Kier molecular flexibility index (Phi) is 4.04. The van der Waals surface area contributed by atoms with Crippen LogP contribution in [0.4, 0.5) is 13.9 Å². The molecule has 2 aromatic carbocycles. The summed E-state index contributed by atoms with van der Waals surface area (Å²) >= 11 is 1.01. The zero-order valence-corrected chi connectivity index (χ0v) is 14.3. The zero-order chi connectivity index (χ0) is 18.3. The Morgan fingerprint density at radius 2 is 2.15 bits per heavy atom. The topological polar surface area (TPSA) is 64.4 Å². The average molecular weight is 374 g/mol. The maximum absolute atomic E-state index is 13.7. The largest absolute Gasteiger partial charge is 0.497 e. The van der Waals surface area contributed by atoms with Crippen molar-refractivity contribution in [3.63, 3.8) is 0 Å². The monoisotopic (exact) mass is 374 g/mol. The lowest BCUT2D eigenvalue weighted by atomic mass is 10.1. The van der Waals surface area contributed by atoms with Crippen molar-refractivity contribution in [2.24, 2.45) is 0 Å². The van der Waals surface area contributed by atoms with Crippen molar-refractivity contribution in [2.45, 2.75) is 6.42 Å². The van der Waals surface area contributed by atoms with Crippen LogP contribution in [0.2, 0.25) is 0 Å². The van der Waals surface area contributed by atoms with Crippen molar-refractivity contribution in [3.8, 4) is 5.75 Å². The molecule has 0 radical (unpaired) electrons. The average Bonchev–Trinajstić information content (AvgIpc) is 3.18. The van der Waals surface area contributed by atoms with E-state index < -0.39 is 11.6 Å². The number of nitrogens with zero attached hydrogens (tertiary/aromatic N) is 1. The van der Waals surface area contributed by atoms with E-state index >= 15 is 0 Å². The van der Waals surface area contributed by atoms with Crippen LogP contribution in [0.1, 0.15) is 5.56 Å². The van der Waals surface area contributed by atoms with Crippen LogP contribution in [0.15, 0.2) is 41.0 Å². The first-order valence-corrected chi connectivity index (χ1v) is 8.44. The van der Waals surface area contributed by atoms with Crippen LogP contribution in [0.5, 0.6) is 5.75 Å². The minimum atomic E-state index is -0.758. The third-order valence-electron chi connectivity index (χ3n) is 3.87. The standard InChI is InChI=1S/C18H12F2N2O3S/c1-24-11-2-3-12-9(8-25-14(12)7-11)4-16(23)21-18-22-17-13(20)5-10(19)6-15(17)26-18/h2-3,5-8H,4H2,1H3,(H,21,22,23). The minimum absolute atomic E-state index is 0.0348. The molecule has 0 aliphatic heterocycles. The Bertz CT molecular complexity index is 1140. The first kappa shape index (κ1) is 16.5. The molecule has 4 aromatic rings. The number of hydrogen-bond acceptors (Lipinski definition) is 5. The van der Waals surface area contributed by atoms with Gasteiger partial charge in [0.2, 0.25) is 5.91 Å². The molecule has 0 atom stereocenters. The van der Waals surface area contributed by atoms with Gasteiger partial charge in [0.15, 0.2) is 10.9 Å². The Morgan fingerprint density at radius 1 is 1.31 bits per heavy atom. The number of ether oxygens (including phenoxy) is 1. The van der Waals surface area contributed by atoms with Crippen LogP contribution < -0.4 is 10.1 Å². The number of benzene rings is 2. The predicted octanol–water partition coefficient (Wildman–Crippen LogP) is 4.51. The molecule has 1 N–H and O–H groups in total. The maximum atomic E-state index is 13.7. The summed E-state index contributed by atoms with van der Waals surface area (Å²) in [6.45, 7) is 0. The second kappa shape index (κ2) is 6.38. The molecule has 0 saturated heterocycles. The molecule has 8 heteroatoms. The summed E-state index contributed by atoms with van der Waals surface area (Å²) in [5.74, 6) is -1.11. The first-order valence-electron chi connectivity index (χ1n) is 7.63. The number of furan rings is 1. The number of anilines is 1. The van der Waals surface area contributed by atoms with Crippen molar-refractivity contribution in [3.05, 3.63) is 53.8 Å². The van der Waals surface area contributed by atoms with Crippen molar-refractivity contribution in [1.82, 2.24) is 4.98 Å². The number of carbonyl (C=O) groups excluding carboxylic acids is 1. The maximum Gasteiger partial charge on any atom is 0.230 e. The molecule has 2 heterocycles. The van der Waals surface area contributed by atoms with Crippen LogP contribution in [0.3, 0.4) is 0 Å². The molecule has 0 bridgehead atoms. The Morgan fingerprint density at radius 3 is 2.96 bits per heavy atom. The first-order chi connectivity index (χ1) is 12.5. The minimum Gasteiger partial charge on any atom is -0.497 e. The molecule has 0 aliphatic rings. The van der Waals surface area contributed by atoms with E-state index in [9.17, 15) is 13.6 Å². The summed E-state index contributed by atoms with van der Waals surface area (Å²) in [7, 11) is 1.56. The summed E-state index contributed by atoms with van der Waals surface area (Å²) < 4.78 is 37.9. The molecule has 0 unspecified atom stereocenters. The van der Waals surface area contributed by atoms with E-state index in [0.29, 0.717) is 21.6 Å². The predicted molar refractivity (Wildman–Crippen MR) is 94.6 cm³/mol. The molecule has 132 valence electrons. The zero-order valence-electron chi connectivity index (χ0n) is 13.5. The molecule has 0 saturated carbocycles. The summed E-state index contributed by atoms with van der Waals surface area (Å²) in [6.07, 6.45) is 1.57. The number of carbonyl (C=O) groups is 1. The van der Waals surface area contributed by atoms with E-state index in [4.69, 9.17) is 9.15 Å². The van der Waals surface area contributed by atoms with Gasteiger partial charge in [-0.25, -0.2) is 13.8 Å². The lowest BCUT2D eigenvalue weighted by Gasteiger charge is -2.01. The number of hydrogen-bond donors (Lipinski definition) is 1. The van der Waals surface area contributed by atoms with E-state index in [0.717, 1.165) is 22.8 Å². The van der Waals surface area contributed by atoms with Crippen LogP contribution in [-0.4, -0.2) is 18.0 Å². The molecule has 0 spiro atoms. The van der Waals surface area contributed by atoms with Gasteiger partial charge in [0.25, 0.3) is 0 Å². The van der Waals surface area contributed by atoms with Crippen molar-refractivity contribution in [1.29, 1.82) is 0 Å². The SMILES string of the molecule is COc1ccc2c(CC(=O)Nc3nc4c(F)cc(F)cc4s3)coc2c1. The van der Waals surface area contributed by atoms with E-state index in [1.54, 1.807) is 19.2 Å². The van der Waals surface area contributed by atoms with Crippen LogP contribution in [-0.2, 0) is 11.2 Å². The molecule has 2 aromatic heterocycles. The molecule has 0 fully saturated rings. The summed E-state index contributed by atoms with van der Waals surface area (Å²) in [5, 5.41) is 3.63. The van der Waals surface area contributed by atoms with Gasteiger partial charge < -0.3 is 14.5 Å². The van der Waals surface area contributed by atoms with Crippen molar-refractivity contribution in [2.75, 3.05) is 12.4 Å². The van der Waals surface area contributed by atoms with Gasteiger partial charge in [-0.1, -0.05) is 11.3 Å². The highest BCUT2D eigenvalue weighted by molar-refractivity contribution is 7.22. The van der Waals surface area contributed by atoms with E-state index in [2.05, 4.69) is 10.3 Å². The van der Waals surface area contributed by atoms with Crippen molar-refractivity contribution >= 4 is 43.6 Å². The van der Waals surface area contributed by atoms with Crippen LogP contribution >= 0.6 is 11.3 Å². The van der Waals surface area contributed by atoms with Gasteiger partial charge in [-0.05, 0) is 18.2 Å². The highest BCUT2D eigenvalue weighted by Gasteiger charge is 2.15. The van der Waals surface area contributed by atoms with Crippen molar-refractivity contribution < 1.29 is 22.7 Å². The van der Waals surface area contributed by atoms with E-state index in [1.807, 2.05) is 6.07 Å². The van der Waals surface area contributed by atoms with Crippen LogP contribution in [0, 0.1) is 11.6 Å². The van der Waals surface area contributed by atoms with Gasteiger partial charge in [-0.15, -0.1) is 0 Å². The molecule has 26 heavy (non-hydrogen) atoms. The number of nitrogens with one attached hydrogen (secondary N) is 1. The second-order valence-electron chi connectivity index (χ2n) is 5.60. The number of halogens is 2. The molecule has 5 nitrogen and oxygen atoms in total. The summed E-state index contributed by atoms with van der Waals surface area (Å²) in [5.41, 5.74) is 1.36. The van der Waals surface area contributed by atoms with Gasteiger partial charge in [0.1, 0.15) is 22.7 Å². The Labute approximate surface area is 150 Å². The normalized spacial score (nSPS) is 11.2. The molecule has 1 amide bonds. The van der Waals surface area contributed by atoms with Gasteiger partial charge in [0, 0.05) is 23.1 Å². The third-order valence-corrected chi connectivity index (χ3v) is 4.79. The Balaban J connectivity index is 1.55. The fraction of sp³-hybridized carbons (Fsp3) is 0.111. The smallest absolute Gasteiger partial charge is 0.230 e. The molecule has 0 aliphatic carbocycles. The lowest BCUT2D eigenvalue weighted by Crippen LogP contribution is -2.13. The quantitative estimate of drug-likeness (QED) is 0.571. The van der Waals surface area contributed by atoms with Crippen LogP contribution in [0.25, 0.3) is 21.2 Å². The fourth-order valence-corrected chi connectivity index (χ4v) is 3.60. The molecular formula is C18H12F2N2O3S. The van der Waals surface area contributed by atoms with Gasteiger partial charge >= 0.3 is 0 Å². The van der Waals surface area contributed by atoms with Gasteiger partial charge in [-0.3, -0.25) is 4.79 Å². The highest BCUT2D eigenvalue weighted by Crippen LogP contribution is 2.29. The third kappa shape index (κ3) is 2.99. The lowest BCUT2D eigenvalue weighted by molar-refractivity contribution is -0.115. The second-order valence-corrected chi connectivity index (χ2v) is 6.63. The molecular weight excluding hydrogens is 362 g/mol. The number of fused-ring (bicyclic) bond motifs is 2. The summed E-state index contributed by atoms with van der Waals surface area (Å²) in [6, 6.07) is 7.28. The van der Waals surface area contributed by atoms with Gasteiger partial charge in [0.05, 0.1) is 24.5 Å². The number of rotatable bonds is 4. The molecule has 4 rings (SSSR count). The Hall–Kier alpha value is -3.00. The number of aromatic nitrogens is 1. The number of amides is 1. The fourth-order valence-electron chi connectivity index (χ4n) is 2.67. The number of thiazole rings is 1. The highest BCUT2D eigenvalue weighted by atomic mass is 32.1. The number of methoxy groups -OCH3 is 1. The van der Waals surface area contributed by atoms with E-state index in [-0.39, 0.29) is 23.0 Å². The van der Waals surface area contributed by atoms with Gasteiger partial charge in [-0.2, -0.15) is 0 Å².